The second kappa shape index (κ2) is 9.78. The van der Waals surface area contributed by atoms with Gasteiger partial charge in [-0.15, -0.1) is 12.4 Å². The summed E-state index contributed by atoms with van der Waals surface area (Å²) in [5.74, 6) is 2.05. The lowest BCUT2D eigenvalue weighted by Crippen LogP contribution is -2.32. The number of benzene rings is 1. The largest absolute Gasteiger partial charge is 0.494 e. The van der Waals surface area contributed by atoms with Gasteiger partial charge in [0.25, 0.3) is 0 Å². The molecule has 0 aliphatic carbocycles. The molecule has 0 aromatic heterocycles. The standard InChI is InChI=1S/C18H28N2O2.ClH/c1-4-22-16-5-6-17(14(3)11-16)20-18(21)12-13(2)15-7-9-19-10-8-15;/h5-6,11,13,15,19H,4,7-10,12H2,1-3H3,(H,20,21);1H. The fourth-order valence-electron chi connectivity index (χ4n) is 3.11. The number of hydrogen-bond donors (Lipinski definition) is 2. The van der Waals surface area contributed by atoms with Gasteiger partial charge in [0.05, 0.1) is 6.61 Å². The normalized spacial score (nSPS) is 16.3. The smallest absolute Gasteiger partial charge is 0.224 e. The van der Waals surface area contributed by atoms with Crippen LogP contribution in [0.5, 0.6) is 5.75 Å². The molecule has 1 unspecified atom stereocenters. The molecule has 5 heteroatoms. The molecule has 1 fully saturated rings. The van der Waals surface area contributed by atoms with Gasteiger partial charge in [0.15, 0.2) is 0 Å². The van der Waals surface area contributed by atoms with Crippen LogP contribution >= 0.6 is 12.4 Å². The van der Waals surface area contributed by atoms with E-state index in [4.69, 9.17) is 4.74 Å². The van der Waals surface area contributed by atoms with Crippen LogP contribution in [-0.4, -0.2) is 25.6 Å². The Morgan fingerprint density at radius 2 is 2.09 bits per heavy atom. The molecule has 1 heterocycles. The van der Waals surface area contributed by atoms with Crippen molar-refractivity contribution in [2.75, 3.05) is 25.0 Å². The number of carbonyl (C=O) groups excluding carboxylic acids is 1. The summed E-state index contributed by atoms with van der Waals surface area (Å²) in [6.07, 6.45) is 2.95. The van der Waals surface area contributed by atoms with Crippen molar-refractivity contribution in [1.29, 1.82) is 0 Å². The molecule has 1 atom stereocenters. The summed E-state index contributed by atoms with van der Waals surface area (Å²) >= 11 is 0. The third-order valence-corrected chi connectivity index (χ3v) is 4.48. The Labute approximate surface area is 145 Å². The molecule has 0 radical (unpaired) electrons. The first-order chi connectivity index (χ1) is 10.6. The summed E-state index contributed by atoms with van der Waals surface area (Å²) in [6.45, 7) is 8.96. The Morgan fingerprint density at radius 1 is 1.39 bits per heavy atom. The second-order valence-corrected chi connectivity index (χ2v) is 6.23. The van der Waals surface area contributed by atoms with Gasteiger partial charge >= 0.3 is 0 Å². The van der Waals surface area contributed by atoms with Gasteiger partial charge in [0.1, 0.15) is 5.75 Å². The summed E-state index contributed by atoms with van der Waals surface area (Å²) in [7, 11) is 0. The molecule has 130 valence electrons. The average Bonchev–Trinajstić information content (AvgIpc) is 2.51. The number of aryl methyl sites for hydroxylation is 1. The highest BCUT2D eigenvalue weighted by Crippen LogP contribution is 2.26. The second-order valence-electron chi connectivity index (χ2n) is 6.23. The van der Waals surface area contributed by atoms with Crippen LogP contribution in [0.3, 0.4) is 0 Å². The summed E-state index contributed by atoms with van der Waals surface area (Å²) in [4.78, 5) is 12.3. The fraction of sp³-hybridized carbons (Fsp3) is 0.611. The lowest BCUT2D eigenvalue weighted by molar-refractivity contribution is -0.117. The molecular weight excluding hydrogens is 312 g/mol. The fourth-order valence-corrected chi connectivity index (χ4v) is 3.11. The number of nitrogens with one attached hydrogen (secondary N) is 2. The van der Waals surface area contributed by atoms with E-state index in [1.807, 2.05) is 32.0 Å². The van der Waals surface area contributed by atoms with Gasteiger partial charge in [0, 0.05) is 12.1 Å². The number of ether oxygens (including phenoxy) is 1. The molecule has 23 heavy (non-hydrogen) atoms. The molecule has 1 aliphatic rings. The Morgan fingerprint density at radius 3 is 2.70 bits per heavy atom. The van der Waals surface area contributed by atoms with Gasteiger partial charge in [-0.1, -0.05) is 6.92 Å². The minimum absolute atomic E-state index is 0. The van der Waals surface area contributed by atoms with E-state index >= 15 is 0 Å². The zero-order valence-electron chi connectivity index (χ0n) is 14.4. The van der Waals surface area contributed by atoms with Gasteiger partial charge in [0.2, 0.25) is 5.91 Å². The van der Waals surface area contributed by atoms with E-state index < -0.39 is 0 Å². The van der Waals surface area contributed by atoms with Gasteiger partial charge in [-0.05, 0) is 75.4 Å². The molecular formula is C18H29ClN2O2. The molecule has 4 nitrogen and oxygen atoms in total. The van der Waals surface area contributed by atoms with Crippen LogP contribution in [0.1, 0.15) is 38.7 Å². The molecule has 1 aliphatic heterocycles. The van der Waals surface area contributed by atoms with E-state index in [0.717, 1.165) is 30.1 Å². The summed E-state index contributed by atoms with van der Waals surface area (Å²) < 4.78 is 5.47. The van der Waals surface area contributed by atoms with Gasteiger partial charge < -0.3 is 15.4 Å². The van der Waals surface area contributed by atoms with Crippen LogP contribution in [0.4, 0.5) is 5.69 Å². The Balaban J connectivity index is 0.00000264. The van der Waals surface area contributed by atoms with Gasteiger partial charge in [-0.25, -0.2) is 0 Å². The van der Waals surface area contributed by atoms with E-state index in [1.54, 1.807) is 0 Å². The number of amides is 1. The monoisotopic (exact) mass is 340 g/mol. The predicted molar refractivity (Wildman–Crippen MR) is 97.6 cm³/mol. The van der Waals surface area contributed by atoms with Crippen LogP contribution < -0.4 is 15.4 Å². The molecule has 2 rings (SSSR count). The molecule has 0 saturated carbocycles. The number of hydrogen-bond acceptors (Lipinski definition) is 3. The van der Waals surface area contributed by atoms with Crippen molar-refractivity contribution < 1.29 is 9.53 Å². The predicted octanol–water partition coefficient (Wildman–Crippen LogP) is 3.78. The summed E-state index contributed by atoms with van der Waals surface area (Å²) in [6, 6.07) is 5.80. The number of halogens is 1. The Kier molecular flexibility index (Phi) is 8.42. The zero-order valence-corrected chi connectivity index (χ0v) is 15.2. The van der Waals surface area contributed by atoms with Gasteiger partial charge in [-0.3, -0.25) is 4.79 Å². The van der Waals surface area contributed by atoms with Crippen molar-refractivity contribution in [3.8, 4) is 5.75 Å². The highest BCUT2D eigenvalue weighted by molar-refractivity contribution is 5.91. The number of rotatable bonds is 6. The lowest BCUT2D eigenvalue weighted by Gasteiger charge is -2.28. The molecule has 1 aromatic carbocycles. The third-order valence-electron chi connectivity index (χ3n) is 4.48. The molecule has 0 spiro atoms. The molecule has 2 N–H and O–H groups in total. The van der Waals surface area contributed by atoms with E-state index in [9.17, 15) is 4.79 Å². The number of piperidine rings is 1. The summed E-state index contributed by atoms with van der Waals surface area (Å²) in [5.41, 5.74) is 1.92. The molecule has 0 bridgehead atoms. The van der Waals surface area contributed by atoms with Crippen LogP contribution in [0, 0.1) is 18.8 Å². The minimum atomic E-state index is 0. The first-order valence-electron chi connectivity index (χ1n) is 8.34. The highest BCUT2D eigenvalue weighted by atomic mass is 35.5. The van der Waals surface area contributed by atoms with Crippen LogP contribution in [0.15, 0.2) is 18.2 Å². The van der Waals surface area contributed by atoms with Crippen LogP contribution in [-0.2, 0) is 4.79 Å². The summed E-state index contributed by atoms with van der Waals surface area (Å²) in [5, 5.41) is 6.41. The van der Waals surface area contributed by atoms with E-state index in [0.29, 0.717) is 24.9 Å². The third kappa shape index (κ3) is 6.04. The van der Waals surface area contributed by atoms with Crippen LogP contribution in [0.25, 0.3) is 0 Å². The minimum Gasteiger partial charge on any atom is -0.494 e. The Bertz CT molecular complexity index is 502. The Hall–Kier alpha value is -1.26. The maximum absolute atomic E-state index is 12.3. The molecule has 1 aromatic rings. The van der Waals surface area contributed by atoms with Crippen molar-refractivity contribution in [1.82, 2.24) is 5.32 Å². The van der Waals surface area contributed by atoms with Crippen molar-refractivity contribution in [2.45, 2.75) is 40.0 Å². The maximum atomic E-state index is 12.3. The van der Waals surface area contributed by atoms with Crippen LogP contribution in [0.2, 0.25) is 0 Å². The average molecular weight is 341 g/mol. The quantitative estimate of drug-likeness (QED) is 0.828. The number of anilines is 1. The lowest BCUT2D eigenvalue weighted by atomic mass is 9.84. The SMILES string of the molecule is CCOc1ccc(NC(=O)CC(C)C2CCNCC2)c(C)c1.Cl. The van der Waals surface area contributed by atoms with Crippen molar-refractivity contribution in [3.05, 3.63) is 23.8 Å². The number of carbonyl (C=O) groups is 1. The van der Waals surface area contributed by atoms with Crippen molar-refractivity contribution in [2.24, 2.45) is 11.8 Å². The van der Waals surface area contributed by atoms with E-state index in [-0.39, 0.29) is 18.3 Å². The maximum Gasteiger partial charge on any atom is 0.224 e. The van der Waals surface area contributed by atoms with E-state index in [2.05, 4.69) is 17.6 Å². The first-order valence-corrected chi connectivity index (χ1v) is 8.34. The van der Waals surface area contributed by atoms with E-state index in [1.165, 1.54) is 12.8 Å². The van der Waals surface area contributed by atoms with Gasteiger partial charge in [-0.2, -0.15) is 0 Å². The first kappa shape index (κ1) is 19.8. The zero-order chi connectivity index (χ0) is 15.9. The molecule has 1 saturated heterocycles. The topological polar surface area (TPSA) is 50.4 Å². The highest BCUT2D eigenvalue weighted by Gasteiger charge is 2.22. The van der Waals surface area contributed by atoms with Crippen molar-refractivity contribution >= 4 is 24.0 Å². The molecule has 1 amide bonds. The van der Waals surface area contributed by atoms with Crippen molar-refractivity contribution in [3.63, 3.8) is 0 Å².